The number of furan rings is 1. The van der Waals surface area contributed by atoms with Gasteiger partial charge in [-0.2, -0.15) is 0 Å². The lowest BCUT2D eigenvalue weighted by molar-refractivity contribution is 0.0740. The lowest BCUT2D eigenvalue weighted by atomic mass is 10.2. The van der Waals surface area contributed by atoms with E-state index in [2.05, 4.69) is 20.2 Å². The number of hydrogen-bond acceptors (Lipinski definition) is 6. The molecule has 3 aromatic rings. The molecule has 0 atom stereocenters. The molecule has 1 saturated heterocycles. The molecule has 3 heterocycles. The summed E-state index contributed by atoms with van der Waals surface area (Å²) in [6, 6.07) is 13.2. The van der Waals surface area contributed by atoms with E-state index in [1.54, 1.807) is 12.3 Å². The number of nitrogens with one attached hydrogen (secondary N) is 1. The van der Waals surface area contributed by atoms with Crippen molar-refractivity contribution in [3.05, 3.63) is 71.5 Å². The molecule has 0 spiro atoms. The van der Waals surface area contributed by atoms with Gasteiger partial charge in [0, 0.05) is 43.0 Å². The van der Waals surface area contributed by atoms with Gasteiger partial charge in [-0.3, -0.25) is 4.79 Å². The summed E-state index contributed by atoms with van der Waals surface area (Å²) in [7, 11) is 0. The summed E-state index contributed by atoms with van der Waals surface area (Å²) in [5.74, 6) is 1.30. The number of benzene rings is 1. The number of anilines is 2. The van der Waals surface area contributed by atoms with Gasteiger partial charge in [0.25, 0.3) is 5.91 Å². The van der Waals surface area contributed by atoms with E-state index < -0.39 is 0 Å². The fourth-order valence-electron chi connectivity index (χ4n) is 3.16. The third-order valence-electron chi connectivity index (χ3n) is 4.65. The summed E-state index contributed by atoms with van der Waals surface area (Å²) in [6.45, 7) is 3.26. The predicted octanol–water partition coefficient (Wildman–Crippen LogP) is 3.30. The molecule has 0 unspecified atom stereocenters. The number of carbonyl (C=O) groups is 1. The van der Waals surface area contributed by atoms with Crippen molar-refractivity contribution in [1.82, 2.24) is 14.9 Å². The zero-order valence-electron chi connectivity index (χ0n) is 15.2. The van der Waals surface area contributed by atoms with E-state index >= 15 is 0 Å². The van der Waals surface area contributed by atoms with Crippen molar-refractivity contribution in [3.63, 3.8) is 0 Å². The number of piperazine rings is 1. The smallest absolute Gasteiger partial charge is 0.272 e. The normalized spacial score (nSPS) is 14.2. The largest absolute Gasteiger partial charge is 0.467 e. The molecule has 4 rings (SSSR count). The zero-order chi connectivity index (χ0) is 19.3. The predicted molar refractivity (Wildman–Crippen MR) is 108 cm³/mol. The fraction of sp³-hybridized carbons (Fsp3) is 0.250. The Morgan fingerprint density at radius 1 is 1.11 bits per heavy atom. The fourth-order valence-corrected chi connectivity index (χ4v) is 3.35. The minimum atomic E-state index is -0.0887. The Kier molecular flexibility index (Phi) is 5.43. The van der Waals surface area contributed by atoms with Gasteiger partial charge in [-0.05, 0) is 30.3 Å². The van der Waals surface area contributed by atoms with Gasteiger partial charge in [-0.1, -0.05) is 17.7 Å². The summed E-state index contributed by atoms with van der Waals surface area (Å²) in [6.07, 6.45) is 3.02. The minimum absolute atomic E-state index is 0.0887. The monoisotopic (exact) mass is 397 g/mol. The molecular formula is C20H20ClN5O2. The zero-order valence-corrected chi connectivity index (χ0v) is 16.0. The highest BCUT2D eigenvalue weighted by Crippen LogP contribution is 2.21. The van der Waals surface area contributed by atoms with Gasteiger partial charge in [-0.25, -0.2) is 9.97 Å². The van der Waals surface area contributed by atoms with Gasteiger partial charge in [0.05, 0.1) is 12.8 Å². The Morgan fingerprint density at radius 2 is 1.96 bits per heavy atom. The standard InChI is InChI=1S/C20H20ClN5O2/c21-15-3-1-4-16(11-15)25-6-8-26(9-7-25)20(27)18-12-19(24-14-23-18)22-13-17-5-2-10-28-17/h1-5,10-12,14H,6-9,13H2,(H,22,23,24). The van der Waals surface area contributed by atoms with Crippen LogP contribution in [-0.2, 0) is 6.54 Å². The van der Waals surface area contributed by atoms with Gasteiger partial charge >= 0.3 is 0 Å². The minimum Gasteiger partial charge on any atom is -0.467 e. The van der Waals surface area contributed by atoms with Gasteiger partial charge in [-0.15, -0.1) is 0 Å². The molecule has 1 aromatic carbocycles. The molecule has 1 aliphatic heterocycles. The maximum absolute atomic E-state index is 12.8. The lowest BCUT2D eigenvalue weighted by Crippen LogP contribution is -2.49. The molecule has 1 amide bonds. The number of amides is 1. The molecule has 1 aliphatic rings. The van der Waals surface area contributed by atoms with Crippen molar-refractivity contribution in [2.45, 2.75) is 6.54 Å². The summed E-state index contributed by atoms with van der Waals surface area (Å²) in [5.41, 5.74) is 1.46. The SMILES string of the molecule is O=C(c1cc(NCc2ccco2)ncn1)N1CCN(c2cccc(Cl)c2)CC1. The summed E-state index contributed by atoms with van der Waals surface area (Å²) < 4.78 is 5.29. The van der Waals surface area contributed by atoms with Crippen LogP contribution >= 0.6 is 11.6 Å². The summed E-state index contributed by atoms with van der Waals surface area (Å²) >= 11 is 6.08. The first-order chi connectivity index (χ1) is 13.7. The number of halogens is 1. The summed E-state index contributed by atoms with van der Waals surface area (Å²) in [5, 5.41) is 3.86. The first kappa shape index (κ1) is 18.3. The molecule has 0 bridgehead atoms. The van der Waals surface area contributed by atoms with E-state index in [4.69, 9.17) is 16.0 Å². The van der Waals surface area contributed by atoms with Crippen molar-refractivity contribution in [2.75, 3.05) is 36.4 Å². The van der Waals surface area contributed by atoms with Crippen molar-refractivity contribution >= 4 is 29.0 Å². The second-order valence-electron chi connectivity index (χ2n) is 6.48. The molecule has 1 fully saturated rings. The van der Waals surface area contributed by atoms with Gasteiger partial charge in [0.15, 0.2) is 0 Å². The van der Waals surface area contributed by atoms with Crippen LogP contribution in [0.15, 0.2) is 59.5 Å². The van der Waals surface area contributed by atoms with Crippen LogP contribution in [0.5, 0.6) is 0 Å². The highest BCUT2D eigenvalue weighted by Gasteiger charge is 2.23. The number of hydrogen-bond donors (Lipinski definition) is 1. The molecule has 0 radical (unpaired) electrons. The maximum atomic E-state index is 12.8. The molecule has 1 N–H and O–H groups in total. The Hall–Kier alpha value is -3.06. The third-order valence-corrected chi connectivity index (χ3v) is 4.89. The Labute approximate surface area is 167 Å². The van der Waals surface area contributed by atoms with Crippen LogP contribution in [-0.4, -0.2) is 47.0 Å². The molecule has 2 aromatic heterocycles. The molecule has 144 valence electrons. The second-order valence-corrected chi connectivity index (χ2v) is 6.92. The molecule has 0 saturated carbocycles. The summed E-state index contributed by atoms with van der Waals surface area (Å²) in [4.78, 5) is 25.2. The lowest BCUT2D eigenvalue weighted by Gasteiger charge is -2.36. The van der Waals surface area contributed by atoms with Gasteiger partial charge in [0.2, 0.25) is 0 Å². The van der Waals surface area contributed by atoms with Crippen LogP contribution in [0.4, 0.5) is 11.5 Å². The Morgan fingerprint density at radius 3 is 2.71 bits per heavy atom. The topological polar surface area (TPSA) is 74.5 Å². The molecular weight excluding hydrogens is 378 g/mol. The van der Waals surface area contributed by atoms with Crippen LogP contribution in [0.2, 0.25) is 5.02 Å². The number of rotatable bonds is 5. The van der Waals surface area contributed by atoms with E-state index in [0.29, 0.717) is 36.2 Å². The number of aromatic nitrogens is 2. The van der Waals surface area contributed by atoms with E-state index in [1.165, 1.54) is 6.33 Å². The third kappa shape index (κ3) is 4.26. The van der Waals surface area contributed by atoms with Crippen LogP contribution in [0.1, 0.15) is 16.2 Å². The van der Waals surface area contributed by atoms with Gasteiger partial charge in [0.1, 0.15) is 23.6 Å². The molecule has 0 aliphatic carbocycles. The van der Waals surface area contributed by atoms with Gasteiger partial charge < -0.3 is 19.5 Å². The molecule has 8 heteroatoms. The van der Waals surface area contributed by atoms with Crippen molar-refractivity contribution < 1.29 is 9.21 Å². The maximum Gasteiger partial charge on any atom is 0.272 e. The first-order valence-corrected chi connectivity index (χ1v) is 9.45. The van der Waals surface area contributed by atoms with Crippen molar-refractivity contribution in [2.24, 2.45) is 0 Å². The molecule has 7 nitrogen and oxygen atoms in total. The van der Waals surface area contributed by atoms with Crippen LogP contribution < -0.4 is 10.2 Å². The van der Waals surface area contributed by atoms with Crippen LogP contribution in [0.25, 0.3) is 0 Å². The Bertz CT molecular complexity index is 939. The quantitative estimate of drug-likeness (QED) is 0.712. The van der Waals surface area contributed by atoms with E-state index in [9.17, 15) is 4.79 Å². The Balaban J connectivity index is 1.36. The van der Waals surface area contributed by atoms with Crippen LogP contribution in [0, 0.1) is 0 Å². The number of nitrogens with zero attached hydrogens (tertiary/aromatic N) is 4. The van der Waals surface area contributed by atoms with E-state index in [-0.39, 0.29) is 5.91 Å². The van der Waals surface area contributed by atoms with E-state index in [1.807, 2.05) is 41.3 Å². The number of carbonyl (C=O) groups excluding carboxylic acids is 1. The average molecular weight is 398 g/mol. The average Bonchev–Trinajstić information content (AvgIpc) is 3.26. The van der Waals surface area contributed by atoms with Crippen molar-refractivity contribution in [1.29, 1.82) is 0 Å². The van der Waals surface area contributed by atoms with Crippen LogP contribution in [0.3, 0.4) is 0 Å². The molecule has 28 heavy (non-hydrogen) atoms. The highest BCUT2D eigenvalue weighted by atomic mass is 35.5. The second kappa shape index (κ2) is 8.31. The first-order valence-electron chi connectivity index (χ1n) is 9.07. The van der Waals surface area contributed by atoms with Crippen molar-refractivity contribution in [3.8, 4) is 0 Å². The van der Waals surface area contributed by atoms with E-state index in [0.717, 1.165) is 24.5 Å². The highest BCUT2D eigenvalue weighted by molar-refractivity contribution is 6.30.